The van der Waals surface area contributed by atoms with Crippen molar-refractivity contribution in [2.45, 2.75) is 13.0 Å². The fourth-order valence-electron chi connectivity index (χ4n) is 0.332. The number of esters is 1. The van der Waals surface area contributed by atoms with Crippen LogP contribution in [0.2, 0.25) is 0 Å². The molecular weight excluding hydrogens is 170 g/mol. The van der Waals surface area contributed by atoms with Gasteiger partial charge in [0.1, 0.15) is 0 Å². The normalized spacial score (nSPS) is 11.0. The second-order valence-electron chi connectivity index (χ2n) is 2.20. The van der Waals surface area contributed by atoms with Crippen molar-refractivity contribution >= 4 is 5.97 Å². The van der Waals surface area contributed by atoms with Gasteiger partial charge >= 0.3 is 12.1 Å². The minimum absolute atomic E-state index is 0.0712. The predicted molar refractivity (Wildman–Crippen MR) is 37.7 cm³/mol. The molecule has 0 saturated carbocycles. The van der Waals surface area contributed by atoms with Crippen LogP contribution in [0.25, 0.3) is 0 Å². The van der Waals surface area contributed by atoms with E-state index in [0.717, 1.165) is 7.11 Å². The van der Waals surface area contributed by atoms with E-state index in [1.165, 1.54) is 6.92 Å². The molecule has 0 atom stereocenters. The van der Waals surface area contributed by atoms with E-state index in [9.17, 15) is 13.6 Å². The number of halogens is 2. The summed E-state index contributed by atoms with van der Waals surface area (Å²) in [5.74, 6) is -0.855. The van der Waals surface area contributed by atoms with E-state index >= 15 is 0 Å². The summed E-state index contributed by atoms with van der Waals surface area (Å²) in [5, 5.41) is 0. The summed E-state index contributed by atoms with van der Waals surface area (Å²) in [5.41, 5.74) is 0.0712. The smallest absolute Gasteiger partial charge is 0.389 e. The van der Waals surface area contributed by atoms with Crippen LogP contribution in [0.4, 0.5) is 8.78 Å². The van der Waals surface area contributed by atoms with Gasteiger partial charge in [-0.15, -0.1) is 0 Å². The molecule has 0 rings (SSSR count). The van der Waals surface area contributed by atoms with Gasteiger partial charge in [0, 0.05) is 12.7 Å². The zero-order valence-electron chi connectivity index (χ0n) is 6.89. The topological polar surface area (TPSA) is 35.5 Å². The maximum absolute atomic E-state index is 12.2. The molecule has 0 heterocycles. The van der Waals surface area contributed by atoms with Gasteiger partial charge in [-0.05, 0) is 6.92 Å². The van der Waals surface area contributed by atoms with Crippen LogP contribution >= 0.6 is 0 Å². The summed E-state index contributed by atoms with van der Waals surface area (Å²) in [4.78, 5) is 10.6. The molecule has 0 aliphatic rings. The first-order valence-corrected chi connectivity index (χ1v) is 3.14. The van der Waals surface area contributed by atoms with Crippen molar-refractivity contribution in [1.29, 1.82) is 0 Å². The molecule has 0 amide bonds. The van der Waals surface area contributed by atoms with E-state index in [1.54, 1.807) is 0 Å². The molecule has 0 aliphatic carbocycles. The Morgan fingerprint density at radius 2 is 2.08 bits per heavy atom. The van der Waals surface area contributed by atoms with Gasteiger partial charge in [0.15, 0.2) is 6.61 Å². The van der Waals surface area contributed by atoms with Gasteiger partial charge < -0.3 is 9.47 Å². The second-order valence-corrected chi connectivity index (χ2v) is 2.20. The van der Waals surface area contributed by atoms with Crippen LogP contribution in [-0.4, -0.2) is 25.8 Å². The van der Waals surface area contributed by atoms with Crippen molar-refractivity contribution in [2.75, 3.05) is 13.7 Å². The number of hydrogen-bond acceptors (Lipinski definition) is 3. The van der Waals surface area contributed by atoms with Crippen molar-refractivity contribution in [3.63, 3.8) is 0 Å². The number of methoxy groups -OCH3 is 1. The van der Waals surface area contributed by atoms with Crippen LogP contribution < -0.4 is 0 Å². The molecule has 0 fully saturated rings. The molecule has 0 unspecified atom stereocenters. The highest BCUT2D eigenvalue weighted by Gasteiger charge is 2.30. The van der Waals surface area contributed by atoms with Crippen LogP contribution in [0, 0.1) is 0 Å². The number of alkyl halides is 2. The lowest BCUT2D eigenvalue weighted by atomic mass is 10.4. The van der Waals surface area contributed by atoms with E-state index in [1.807, 2.05) is 0 Å². The highest BCUT2D eigenvalue weighted by molar-refractivity contribution is 5.86. The van der Waals surface area contributed by atoms with E-state index in [4.69, 9.17) is 0 Å². The first-order valence-electron chi connectivity index (χ1n) is 3.14. The number of rotatable bonds is 4. The zero-order valence-corrected chi connectivity index (χ0v) is 6.89. The number of ether oxygens (including phenoxy) is 2. The maximum atomic E-state index is 12.2. The molecule has 0 bridgehead atoms. The molecule has 0 aromatic heterocycles. The molecule has 0 aromatic carbocycles. The van der Waals surface area contributed by atoms with Crippen LogP contribution in [0.15, 0.2) is 12.2 Å². The minimum Gasteiger partial charge on any atom is -0.453 e. The van der Waals surface area contributed by atoms with Gasteiger partial charge in [0.25, 0.3) is 0 Å². The Bertz CT molecular complexity index is 189. The first kappa shape index (κ1) is 11.0. The van der Waals surface area contributed by atoms with E-state index < -0.39 is 18.7 Å². The highest BCUT2D eigenvalue weighted by atomic mass is 19.3. The van der Waals surface area contributed by atoms with Gasteiger partial charge in [-0.25, -0.2) is 4.79 Å². The SMILES string of the molecule is C=C(C)C(=O)OCC(F)(F)OC. The lowest BCUT2D eigenvalue weighted by molar-refractivity contribution is -0.246. The molecule has 0 saturated heterocycles. The van der Waals surface area contributed by atoms with E-state index in [2.05, 4.69) is 16.1 Å². The van der Waals surface area contributed by atoms with E-state index in [0.29, 0.717) is 0 Å². The van der Waals surface area contributed by atoms with Crippen molar-refractivity contribution in [2.24, 2.45) is 0 Å². The number of hydrogen-bond donors (Lipinski definition) is 0. The van der Waals surface area contributed by atoms with Crippen LogP contribution in [0.3, 0.4) is 0 Å². The van der Waals surface area contributed by atoms with Crippen molar-refractivity contribution in [3.05, 3.63) is 12.2 Å². The monoisotopic (exact) mass is 180 g/mol. The Morgan fingerprint density at radius 3 is 2.42 bits per heavy atom. The Balaban J connectivity index is 3.83. The minimum atomic E-state index is -3.43. The van der Waals surface area contributed by atoms with Gasteiger partial charge in [-0.1, -0.05) is 6.58 Å². The van der Waals surface area contributed by atoms with Crippen molar-refractivity contribution in [1.82, 2.24) is 0 Å². The maximum Gasteiger partial charge on any atom is 0.389 e. The average Bonchev–Trinajstić information content (AvgIpc) is 2.00. The Kier molecular flexibility index (Phi) is 3.82. The van der Waals surface area contributed by atoms with Crippen LogP contribution in [0.1, 0.15) is 6.92 Å². The van der Waals surface area contributed by atoms with Gasteiger partial charge in [0.2, 0.25) is 0 Å². The Labute approximate surface area is 69.0 Å². The molecule has 0 N–H and O–H groups in total. The first-order chi connectivity index (χ1) is 5.39. The molecule has 0 aliphatic heterocycles. The summed E-state index contributed by atoms with van der Waals surface area (Å²) in [6.07, 6.45) is -3.43. The molecule has 0 spiro atoms. The summed E-state index contributed by atoms with van der Waals surface area (Å²) >= 11 is 0. The Morgan fingerprint density at radius 1 is 1.58 bits per heavy atom. The summed E-state index contributed by atoms with van der Waals surface area (Å²) in [7, 11) is 0.828. The quantitative estimate of drug-likeness (QED) is 0.483. The van der Waals surface area contributed by atoms with Crippen molar-refractivity contribution < 1.29 is 23.0 Å². The summed E-state index contributed by atoms with van der Waals surface area (Å²) < 4.78 is 32.4. The fraction of sp³-hybridized carbons (Fsp3) is 0.571. The summed E-state index contributed by atoms with van der Waals surface area (Å²) in [6, 6.07) is 0. The largest absolute Gasteiger partial charge is 0.453 e. The standard InChI is InChI=1S/C7H10F2O3/c1-5(2)6(10)12-4-7(8,9)11-3/h1,4H2,2-3H3. The molecule has 3 nitrogen and oxygen atoms in total. The molecule has 5 heteroatoms. The molecule has 0 aromatic rings. The number of carbonyl (C=O) groups is 1. The van der Waals surface area contributed by atoms with Crippen LogP contribution in [-0.2, 0) is 14.3 Å². The molecular formula is C7H10F2O3. The average molecular weight is 180 g/mol. The third kappa shape index (κ3) is 4.02. The second kappa shape index (κ2) is 4.15. The predicted octanol–water partition coefficient (Wildman–Crippen LogP) is 1.34. The highest BCUT2D eigenvalue weighted by Crippen LogP contribution is 2.14. The molecule has 70 valence electrons. The van der Waals surface area contributed by atoms with Crippen molar-refractivity contribution in [3.8, 4) is 0 Å². The Hall–Kier alpha value is -0.970. The van der Waals surface area contributed by atoms with Gasteiger partial charge in [-0.2, -0.15) is 8.78 Å². The zero-order chi connectivity index (χ0) is 9.78. The lowest BCUT2D eigenvalue weighted by Gasteiger charge is -2.13. The third-order valence-corrected chi connectivity index (χ3v) is 1.02. The van der Waals surface area contributed by atoms with Gasteiger partial charge in [0.05, 0.1) is 0 Å². The number of carbonyl (C=O) groups excluding carboxylic acids is 1. The van der Waals surface area contributed by atoms with E-state index in [-0.39, 0.29) is 5.57 Å². The fourth-order valence-corrected chi connectivity index (χ4v) is 0.332. The van der Waals surface area contributed by atoms with Gasteiger partial charge in [-0.3, -0.25) is 0 Å². The lowest BCUT2D eigenvalue weighted by Crippen LogP contribution is -2.27. The third-order valence-electron chi connectivity index (χ3n) is 1.02. The van der Waals surface area contributed by atoms with Crippen LogP contribution in [0.5, 0.6) is 0 Å². The summed E-state index contributed by atoms with van der Waals surface area (Å²) in [6.45, 7) is 3.50. The molecule has 12 heavy (non-hydrogen) atoms. The molecule has 0 radical (unpaired) electrons.